The van der Waals surface area contributed by atoms with Crippen molar-refractivity contribution in [2.45, 2.75) is 30.2 Å². The van der Waals surface area contributed by atoms with Crippen molar-refractivity contribution in [2.24, 2.45) is 0 Å². The van der Waals surface area contributed by atoms with Crippen molar-refractivity contribution in [3.8, 4) is 0 Å². The smallest absolute Gasteiger partial charge is 0.384 e. The van der Waals surface area contributed by atoms with Gasteiger partial charge in [-0.1, -0.05) is 6.42 Å². The predicted molar refractivity (Wildman–Crippen MR) is 70.0 cm³/mol. The van der Waals surface area contributed by atoms with E-state index in [4.69, 9.17) is 5.73 Å². The fourth-order valence-corrected chi connectivity index (χ4v) is 2.87. The molecule has 0 saturated heterocycles. The van der Waals surface area contributed by atoms with Crippen LogP contribution in [0.5, 0.6) is 0 Å². The normalized spacial score (nSPS) is 17.9. The molecule has 1 heterocycles. The number of rotatable bonds is 4. The van der Waals surface area contributed by atoms with Crippen molar-refractivity contribution >= 4 is 23.4 Å². The summed E-state index contributed by atoms with van der Waals surface area (Å²) in [4.78, 5) is 6.66. The highest BCUT2D eigenvalue weighted by Crippen LogP contribution is 2.42. The summed E-state index contributed by atoms with van der Waals surface area (Å²) in [6.07, 6.45) is 0.708. The van der Waals surface area contributed by atoms with Crippen LogP contribution in [-0.2, 0) is 6.18 Å². The van der Waals surface area contributed by atoms with Crippen LogP contribution in [0.1, 0.15) is 25.1 Å². The average molecular weight is 292 g/mol. The minimum absolute atomic E-state index is 0.109. The Bertz CT molecular complexity index is 454. The maximum absolute atomic E-state index is 12.6. The number of alkyl halides is 3. The zero-order valence-corrected chi connectivity index (χ0v) is 11.2. The molecule has 0 bridgehead atoms. The molecule has 2 rings (SSSR count). The second kappa shape index (κ2) is 5.07. The Morgan fingerprint density at radius 1 is 1.42 bits per heavy atom. The third-order valence-corrected chi connectivity index (χ3v) is 4.71. The molecule has 0 amide bonds. The molecule has 4 nitrogen and oxygen atoms in total. The molecule has 1 aliphatic rings. The topological polar surface area (TPSA) is 63.8 Å². The van der Waals surface area contributed by atoms with Gasteiger partial charge in [-0.3, -0.25) is 0 Å². The van der Waals surface area contributed by atoms with E-state index in [2.05, 4.69) is 15.3 Å². The van der Waals surface area contributed by atoms with Gasteiger partial charge in [-0.25, -0.2) is 9.97 Å². The molecule has 0 aliphatic heterocycles. The van der Waals surface area contributed by atoms with Crippen LogP contribution < -0.4 is 11.1 Å². The summed E-state index contributed by atoms with van der Waals surface area (Å²) in [5.74, 6) is -1.27. The molecule has 1 aromatic rings. The Morgan fingerprint density at radius 2 is 2.11 bits per heavy atom. The summed E-state index contributed by atoms with van der Waals surface area (Å²) < 4.78 is 37.8. The van der Waals surface area contributed by atoms with Crippen LogP contribution in [0, 0.1) is 0 Å². The molecule has 0 aromatic carbocycles. The first-order chi connectivity index (χ1) is 8.85. The van der Waals surface area contributed by atoms with Crippen LogP contribution in [0.15, 0.2) is 6.07 Å². The molecule has 1 fully saturated rings. The number of aromatic nitrogens is 2. The van der Waals surface area contributed by atoms with Gasteiger partial charge in [-0.05, 0) is 19.1 Å². The van der Waals surface area contributed by atoms with Gasteiger partial charge in [-0.15, -0.1) is 0 Å². The van der Waals surface area contributed by atoms with Gasteiger partial charge in [0, 0.05) is 17.4 Å². The van der Waals surface area contributed by atoms with Crippen LogP contribution in [0.4, 0.5) is 24.8 Å². The van der Waals surface area contributed by atoms with Crippen molar-refractivity contribution in [1.82, 2.24) is 9.97 Å². The van der Waals surface area contributed by atoms with Crippen molar-refractivity contribution < 1.29 is 13.2 Å². The number of nitrogens with two attached hydrogens (primary N) is 1. The SMILES string of the molecule is CSC1(CNc2cc(N)nc(C(F)(F)F)n2)CCC1. The summed E-state index contributed by atoms with van der Waals surface area (Å²) >= 11 is 1.73. The molecule has 106 valence electrons. The van der Waals surface area contributed by atoms with Gasteiger partial charge in [0.15, 0.2) is 0 Å². The number of hydrogen-bond donors (Lipinski definition) is 2. The lowest BCUT2D eigenvalue weighted by Crippen LogP contribution is -2.40. The largest absolute Gasteiger partial charge is 0.451 e. The zero-order valence-electron chi connectivity index (χ0n) is 10.4. The molecule has 0 radical (unpaired) electrons. The zero-order chi connectivity index (χ0) is 14.1. The molecule has 0 unspecified atom stereocenters. The highest BCUT2D eigenvalue weighted by atomic mass is 32.2. The Morgan fingerprint density at radius 3 is 2.58 bits per heavy atom. The van der Waals surface area contributed by atoms with E-state index >= 15 is 0 Å². The van der Waals surface area contributed by atoms with Gasteiger partial charge in [0.05, 0.1) is 0 Å². The summed E-state index contributed by atoms with van der Waals surface area (Å²) in [6, 6.07) is 1.32. The van der Waals surface area contributed by atoms with Gasteiger partial charge >= 0.3 is 6.18 Å². The summed E-state index contributed by atoms with van der Waals surface area (Å²) in [5.41, 5.74) is 5.38. The van der Waals surface area contributed by atoms with Crippen molar-refractivity contribution in [2.75, 3.05) is 23.9 Å². The molecule has 1 saturated carbocycles. The van der Waals surface area contributed by atoms with Gasteiger partial charge in [-0.2, -0.15) is 24.9 Å². The molecule has 0 spiro atoms. The number of anilines is 2. The van der Waals surface area contributed by atoms with E-state index in [9.17, 15) is 13.2 Å². The van der Waals surface area contributed by atoms with Crippen molar-refractivity contribution in [3.05, 3.63) is 11.9 Å². The highest BCUT2D eigenvalue weighted by Gasteiger charge is 2.37. The molecular formula is C11H15F3N4S. The first-order valence-corrected chi connectivity index (χ1v) is 7.08. The number of nitrogen functional groups attached to an aromatic ring is 1. The van der Waals surface area contributed by atoms with Gasteiger partial charge < -0.3 is 11.1 Å². The highest BCUT2D eigenvalue weighted by molar-refractivity contribution is 8.00. The fraction of sp³-hybridized carbons (Fsp3) is 0.636. The van der Waals surface area contributed by atoms with E-state index in [-0.39, 0.29) is 16.4 Å². The quantitative estimate of drug-likeness (QED) is 0.893. The van der Waals surface area contributed by atoms with E-state index in [1.54, 1.807) is 11.8 Å². The Kier molecular flexibility index (Phi) is 3.80. The number of nitrogens with zero attached hydrogens (tertiary/aromatic N) is 2. The Hall–Kier alpha value is -1.18. The third kappa shape index (κ3) is 3.23. The lowest BCUT2D eigenvalue weighted by atomic mass is 9.84. The third-order valence-electron chi connectivity index (χ3n) is 3.29. The Labute approximate surface area is 113 Å². The summed E-state index contributed by atoms with van der Waals surface area (Å²) in [7, 11) is 0. The monoisotopic (exact) mass is 292 g/mol. The molecule has 3 N–H and O–H groups in total. The lowest BCUT2D eigenvalue weighted by Gasteiger charge is -2.40. The van der Waals surface area contributed by atoms with Gasteiger partial charge in [0.2, 0.25) is 5.82 Å². The lowest BCUT2D eigenvalue weighted by molar-refractivity contribution is -0.144. The minimum atomic E-state index is -4.58. The van der Waals surface area contributed by atoms with Crippen molar-refractivity contribution in [3.63, 3.8) is 0 Å². The summed E-state index contributed by atoms with van der Waals surface area (Å²) in [6.45, 7) is 0.585. The first kappa shape index (κ1) is 14.2. The van der Waals surface area contributed by atoms with Gasteiger partial charge in [0.25, 0.3) is 0 Å². The van der Waals surface area contributed by atoms with Crippen molar-refractivity contribution in [1.29, 1.82) is 0 Å². The predicted octanol–water partition coefficient (Wildman–Crippen LogP) is 2.78. The van der Waals surface area contributed by atoms with E-state index in [0.29, 0.717) is 6.54 Å². The number of halogens is 3. The van der Waals surface area contributed by atoms with Crippen LogP contribution in [0.25, 0.3) is 0 Å². The minimum Gasteiger partial charge on any atom is -0.384 e. The molecule has 0 atom stereocenters. The average Bonchev–Trinajstić information content (AvgIpc) is 2.26. The van der Waals surface area contributed by atoms with E-state index < -0.39 is 12.0 Å². The van der Waals surface area contributed by atoms with E-state index in [1.165, 1.54) is 6.07 Å². The fourth-order valence-electron chi connectivity index (χ4n) is 1.96. The number of nitrogens with one attached hydrogen (secondary N) is 1. The molecular weight excluding hydrogens is 277 g/mol. The van der Waals surface area contributed by atoms with Crippen LogP contribution in [0.3, 0.4) is 0 Å². The molecule has 1 aliphatic carbocycles. The number of hydrogen-bond acceptors (Lipinski definition) is 5. The maximum Gasteiger partial charge on any atom is 0.451 e. The second-order valence-electron chi connectivity index (χ2n) is 4.59. The maximum atomic E-state index is 12.6. The second-order valence-corrected chi connectivity index (χ2v) is 5.87. The molecule has 8 heteroatoms. The van der Waals surface area contributed by atoms with E-state index in [1.807, 2.05) is 6.26 Å². The first-order valence-electron chi connectivity index (χ1n) is 5.85. The van der Waals surface area contributed by atoms with Crippen LogP contribution >= 0.6 is 11.8 Å². The van der Waals surface area contributed by atoms with Gasteiger partial charge in [0.1, 0.15) is 11.6 Å². The van der Waals surface area contributed by atoms with E-state index in [0.717, 1.165) is 19.3 Å². The Balaban J connectivity index is 2.10. The molecule has 19 heavy (non-hydrogen) atoms. The van der Waals surface area contributed by atoms with Crippen LogP contribution in [0.2, 0.25) is 0 Å². The standard InChI is InChI=1S/C11H15F3N4S/c1-19-10(3-2-4-10)6-16-8-5-7(15)17-9(18-8)11(12,13)14/h5H,2-4,6H2,1H3,(H3,15,16,17,18). The summed E-state index contributed by atoms with van der Waals surface area (Å²) in [5, 5.41) is 2.94. The van der Waals surface area contributed by atoms with Crippen LogP contribution in [-0.4, -0.2) is 27.5 Å². The number of thioether (sulfide) groups is 1. The molecule has 1 aromatic heterocycles.